The number of aromatic nitrogens is 2. The highest BCUT2D eigenvalue weighted by Crippen LogP contribution is 2.21. The molecule has 1 aliphatic rings. The lowest BCUT2D eigenvalue weighted by atomic mass is 10.0. The number of hydrogen-bond acceptors (Lipinski definition) is 4. The molecule has 1 saturated heterocycles. The number of hydrogen-bond donors (Lipinski definition) is 1. The first-order valence-corrected chi connectivity index (χ1v) is 10.0. The van der Waals surface area contributed by atoms with E-state index in [9.17, 15) is 4.79 Å². The molecule has 1 N–H and O–H groups in total. The van der Waals surface area contributed by atoms with Crippen LogP contribution in [0.4, 0.5) is 0 Å². The molecule has 0 radical (unpaired) electrons. The van der Waals surface area contributed by atoms with Crippen LogP contribution in [-0.4, -0.2) is 53.4 Å². The molecular weight excluding hydrogens is 364 g/mol. The van der Waals surface area contributed by atoms with E-state index in [4.69, 9.17) is 4.74 Å². The van der Waals surface area contributed by atoms with Crippen LogP contribution in [0.1, 0.15) is 17.2 Å². The summed E-state index contributed by atoms with van der Waals surface area (Å²) in [7, 11) is 0. The maximum Gasteiger partial charge on any atom is 0.224 e. The van der Waals surface area contributed by atoms with E-state index in [0.29, 0.717) is 13.0 Å². The number of amides is 1. The quantitative estimate of drug-likeness (QED) is 0.674. The topological polar surface area (TPSA) is 59.4 Å². The molecule has 150 valence electrons. The largest absolute Gasteiger partial charge is 0.379 e. The first kappa shape index (κ1) is 19.4. The van der Waals surface area contributed by atoms with Gasteiger partial charge in [-0.15, -0.1) is 0 Å². The van der Waals surface area contributed by atoms with Crippen LogP contribution in [0.3, 0.4) is 0 Å². The first-order valence-electron chi connectivity index (χ1n) is 10.0. The van der Waals surface area contributed by atoms with Crippen molar-refractivity contribution in [3.05, 3.63) is 84.2 Å². The van der Waals surface area contributed by atoms with Gasteiger partial charge in [-0.3, -0.25) is 9.69 Å². The number of carbonyl (C=O) groups is 1. The average Bonchev–Trinajstić information content (AvgIpc) is 3.24. The molecule has 1 aromatic heterocycles. The van der Waals surface area contributed by atoms with E-state index in [0.717, 1.165) is 37.6 Å². The lowest BCUT2D eigenvalue weighted by Crippen LogP contribution is -2.44. The third-order valence-corrected chi connectivity index (χ3v) is 5.18. The maximum absolute atomic E-state index is 12.6. The van der Waals surface area contributed by atoms with Crippen molar-refractivity contribution in [2.24, 2.45) is 0 Å². The summed E-state index contributed by atoms with van der Waals surface area (Å²) in [6.45, 7) is 3.79. The molecule has 2 heterocycles. The highest BCUT2D eigenvalue weighted by atomic mass is 16.5. The van der Waals surface area contributed by atoms with E-state index in [-0.39, 0.29) is 11.9 Å². The van der Waals surface area contributed by atoms with E-state index in [1.807, 2.05) is 54.7 Å². The summed E-state index contributed by atoms with van der Waals surface area (Å²) < 4.78 is 7.29. The van der Waals surface area contributed by atoms with Crippen LogP contribution in [0.2, 0.25) is 0 Å². The average molecular weight is 390 g/mol. The number of para-hydroxylation sites is 1. The molecule has 1 aliphatic heterocycles. The van der Waals surface area contributed by atoms with Gasteiger partial charge in [0.05, 0.1) is 37.6 Å². The Morgan fingerprint density at radius 1 is 1.03 bits per heavy atom. The Morgan fingerprint density at radius 2 is 1.72 bits per heavy atom. The summed E-state index contributed by atoms with van der Waals surface area (Å²) in [6, 6.07) is 20.4. The second kappa shape index (κ2) is 9.49. The molecule has 6 nitrogen and oxygen atoms in total. The Morgan fingerprint density at radius 3 is 2.45 bits per heavy atom. The number of morpholine rings is 1. The molecule has 1 fully saturated rings. The van der Waals surface area contributed by atoms with Crippen LogP contribution < -0.4 is 5.32 Å². The Hall–Kier alpha value is -2.96. The number of rotatable bonds is 7. The fourth-order valence-corrected chi connectivity index (χ4v) is 3.65. The van der Waals surface area contributed by atoms with Crippen LogP contribution in [0.25, 0.3) is 5.69 Å². The highest BCUT2D eigenvalue weighted by molar-refractivity contribution is 5.78. The molecule has 29 heavy (non-hydrogen) atoms. The molecule has 0 saturated carbocycles. The fraction of sp³-hybridized carbons (Fsp3) is 0.304. The summed E-state index contributed by atoms with van der Waals surface area (Å²) in [5, 5.41) is 7.49. The monoisotopic (exact) mass is 390 g/mol. The predicted molar refractivity (Wildman–Crippen MR) is 112 cm³/mol. The summed E-state index contributed by atoms with van der Waals surface area (Å²) in [5.41, 5.74) is 3.09. The van der Waals surface area contributed by atoms with Gasteiger partial charge >= 0.3 is 0 Å². The molecule has 3 aromatic rings. The van der Waals surface area contributed by atoms with Gasteiger partial charge in [0.2, 0.25) is 5.91 Å². The van der Waals surface area contributed by atoms with Crippen LogP contribution in [0.5, 0.6) is 0 Å². The van der Waals surface area contributed by atoms with E-state index >= 15 is 0 Å². The van der Waals surface area contributed by atoms with E-state index in [2.05, 4.69) is 27.4 Å². The standard InChI is InChI=1S/C23H26N4O2/c28-23(15-19-16-25-27(18-19)21-9-5-2-6-10-21)24-17-22(20-7-3-1-4-8-20)26-11-13-29-14-12-26/h1-10,16,18,22H,11-15,17H2,(H,24,28). The number of carbonyl (C=O) groups excluding carboxylic acids is 1. The number of benzene rings is 2. The normalized spacial score (nSPS) is 15.7. The van der Waals surface area contributed by atoms with Gasteiger partial charge in [-0.25, -0.2) is 4.68 Å². The molecule has 0 spiro atoms. The molecule has 0 bridgehead atoms. The summed E-state index contributed by atoms with van der Waals surface area (Å²) >= 11 is 0. The predicted octanol–water partition coefficient (Wildman–Crippen LogP) is 2.60. The van der Waals surface area contributed by atoms with Gasteiger partial charge in [-0.1, -0.05) is 48.5 Å². The summed E-state index contributed by atoms with van der Waals surface area (Å²) in [4.78, 5) is 15.0. The van der Waals surface area contributed by atoms with Crippen molar-refractivity contribution in [2.45, 2.75) is 12.5 Å². The first-order chi connectivity index (χ1) is 14.3. The van der Waals surface area contributed by atoms with Crippen LogP contribution in [-0.2, 0) is 16.0 Å². The summed E-state index contributed by atoms with van der Waals surface area (Å²) in [6.07, 6.45) is 3.98. The molecule has 1 atom stereocenters. The SMILES string of the molecule is O=C(Cc1cnn(-c2ccccc2)c1)NCC(c1ccccc1)N1CCOCC1. The number of nitrogens with one attached hydrogen (secondary N) is 1. The van der Waals surface area contributed by atoms with Crippen molar-refractivity contribution in [3.8, 4) is 5.69 Å². The molecule has 4 rings (SSSR count). The smallest absolute Gasteiger partial charge is 0.224 e. The maximum atomic E-state index is 12.6. The van der Waals surface area contributed by atoms with Gasteiger partial charge in [0.15, 0.2) is 0 Å². The zero-order valence-electron chi connectivity index (χ0n) is 16.4. The molecule has 0 aliphatic carbocycles. The zero-order valence-corrected chi connectivity index (χ0v) is 16.4. The Kier molecular flexibility index (Phi) is 6.34. The Bertz CT molecular complexity index is 905. The Balaban J connectivity index is 1.37. The Labute approximate surface area is 171 Å². The lowest BCUT2D eigenvalue weighted by molar-refractivity contribution is -0.120. The van der Waals surface area contributed by atoms with Crippen LogP contribution in [0.15, 0.2) is 73.1 Å². The zero-order chi connectivity index (χ0) is 19.9. The highest BCUT2D eigenvalue weighted by Gasteiger charge is 2.23. The third kappa shape index (κ3) is 5.10. The molecule has 2 aromatic carbocycles. The minimum Gasteiger partial charge on any atom is -0.379 e. The van der Waals surface area contributed by atoms with Crippen molar-refractivity contribution < 1.29 is 9.53 Å². The fourth-order valence-electron chi connectivity index (χ4n) is 3.65. The van der Waals surface area contributed by atoms with E-state index in [1.165, 1.54) is 5.56 Å². The van der Waals surface area contributed by atoms with E-state index in [1.54, 1.807) is 10.9 Å². The minimum atomic E-state index is 0.00630. The van der Waals surface area contributed by atoms with E-state index < -0.39 is 0 Å². The van der Waals surface area contributed by atoms with Crippen molar-refractivity contribution >= 4 is 5.91 Å². The molecule has 1 unspecified atom stereocenters. The van der Waals surface area contributed by atoms with Crippen molar-refractivity contribution in [1.29, 1.82) is 0 Å². The number of ether oxygens (including phenoxy) is 1. The molecule has 6 heteroatoms. The van der Waals surface area contributed by atoms with Crippen LogP contribution in [0, 0.1) is 0 Å². The lowest BCUT2D eigenvalue weighted by Gasteiger charge is -2.35. The minimum absolute atomic E-state index is 0.00630. The number of nitrogens with zero attached hydrogens (tertiary/aromatic N) is 3. The van der Waals surface area contributed by atoms with Crippen molar-refractivity contribution in [1.82, 2.24) is 20.0 Å². The molecule has 1 amide bonds. The summed E-state index contributed by atoms with van der Waals surface area (Å²) in [5.74, 6) is 0.00630. The second-order valence-electron chi connectivity index (χ2n) is 7.18. The van der Waals surface area contributed by atoms with Gasteiger partial charge in [0, 0.05) is 25.8 Å². The second-order valence-corrected chi connectivity index (χ2v) is 7.18. The van der Waals surface area contributed by atoms with Gasteiger partial charge in [0.1, 0.15) is 0 Å². The van der Waals surface area contributed by atoms with Gasteiger partial charge in [-0.05, 0) is 23.3 Å². The van der Waals surface area contributed by atoms with Gasteiger partial charge < -0.3 is 10.1 Å². The third-order valence-electron chi connectivity index (χ3n) is 5.18. The van der Waals surface area contributed by atoms with Crippen molar-refractivity contribution in [3.63, 3.8) is 0 Å². The van der Waals surface area contributed by atoms with Gasteiger partial charge in [0.25, 0.3) is 0 Å². The molecular formula is C23H26N4O2. The van der Waals surface area contributed by atoms with Crippen LogP contribution >= 0.6 is 0 Å². The van der Waals surface area contributed by atoms with Gasteiger partial charge in [-0.2, -0.15) is 5.10 Å². The van der Waals surface area contributed by atoms with Crippen molar-refractivity contribution in [2.75, 3.05) is 32.8 Å².